The van der Waals surface area contributed by atoms with Crippen LogP contribution in [0.25, 0.3) is 5.65 Å². The molecule has 1 atom stereocenters. The molecule has 3 aromatic rings. The topological polar surface area (TPSA) is 92.0 Å². The number of halogens is 1. The normalized spacial score (nSPS) is 15.4. The average Bonchev–Trinajstić information content (AvgIpc) is 3.18. The van der Waals surface area contributed by atoms with Crippen molar-refractivity contribution < 1.29 is 19.0 Å². The maximum Gasteiger partial charge on any atom is 0.303 e. The lowest BCUT2D eigenvalue weighted by Gasteiger charge is -2.36. The Kier molecular flexibility index (Phi) is 7.31. The molecular weight excluding hydrogens is 437 g/mol. The van der Waals surface area contributed by atoms with Gasteiger partial charge in [0.15, 0.2) is 17.3 Å². The van der Waals surface area contributed by atoms with E-state index in [1.54, 1.807) is 6.07 Å². The lowest BCUT2D eigenvalue weighted by Crippen LogP contribution is -2.39. The molecule has 1 aliphatic heterocycles. The van der Waals surface area contributed by atoms with E-state index >= 15 is 0 Å². The van der Waals surface area contributed by atoms with Crippen LogP contribution in [0.2, 0.25) is 0 Å². The molecule has 2 N–H and O–H groups in total. The van der Waals surface area contributed by atoms with Gasteiger partial charge in [0.25, 0.3) is 0 Å². The van der Waals surface area contributed by atoms with Crippen molar-refractivity contribution in [2.24, 2.45) is 0 Å². The summed E-state index contributed by atoms with van der Waals surface area (Å²) in [6.07, 6.45) is 3.88. The van der Waals surface area contributed by atoms with Gasteiger partial charge < -0.3 is 20.1 Å². The fourth-order valence-electron chi connectivity index (χ4n) is 4.72. The molecule has 1 aliphatic rings. The maximum absolute atomic E-state index is 15.0. The number of anilines is 3. The summed E-state index contributed by atoms with van der Waals surface area (Å²) in [5.41, 5.74) is 3.85. The number of aryl methyl sites for hydroxylation is 1. The smallest absolute Gasteiger partial charge is 0.303 e. The number of nitrogens with one attached hydrogen (secondary N) is 1. The third kappa shape index (κ3) is 5.14. The predicted molar refractivity (Wildman–Crippen MR) is 130 cm³/mol. The van der Waals surface area contributed by atoms with Crippen molar-refractivity contribution in [2.75, 3.05) is 30.0 Å². The summed E-state index contributed by atoms with van der Waals surface area (Å²) in [7, 11) is 0. The van der Waals surface area contributed by atoms with Crippen molar-refractivity contribution in [3.05, 3.63) is 47.5 Å². The number of carboxylic acids is 1. The van der Waals surface area contributed by atoms with Crippen LogP contribution in [0.1, 0.15) is 56.7 Å². The van der Waals surface area contributed by atoms with Crippen LogP contribution >= 0.6 is 0 Å². The van der Waals surface area contributed by atoms with E-state index < -0.39 is 11.8 Å². The molecule has 1 unspecified atom stereocenters. The molecule has 1 aromatic carbocycles. The minimum Gasteiger partial charge on any atom is -0.481 e. The Hall–Kier alpha value is -3.20. The number of rotatable bonds is 9. The summed E-state index contributed by atoms with van der Waals surface area (Å²) >= 11 is 0. The van der Waals surface area contributed by atoms with Gasteiger partial charge in [-0.3, -0.25) is 4.79 Å². The summed E-state index contributed by atoms with van der Waals surface area (Å²) in [6, 6.07) is 8.06. The lowest BCUT2D eigenvalue weighted by atomic mass is 9.92. The predicted octanol–water partition coefficient (Wildman–Crippen LogP) is 4.89. The molecule has 2 aromatic heterocycles. The first-order valence-corrected chi connectivity index (χ1v) is 11.9. The molecule has 1 saturated heterocycles. The van der Waals surface area contributed by atoms with E-state index in [2.05, 4.69) is 27.2 Å². The molecule has 1 fully saturated rings. The molecule has 0 radical (unpaired) electrons. The number of hydrogen-bond acceptors (Lipinski definition) is 6. The van der Waals surface area contributed by atoms with Crippen LogP contribution in [-0.4, -0.2) is 51.5 Å². The molecule has 0 aliphatic carbocycles. The summed E-state index contributed by atoms with van der Waals surface area (Å²) in [6.45, 7) is 8.12. The molecule has 0 bridgehead atoms. The van der Waals surface area contributed by atoms with Crippen molar-refractivity contribution in [2.45, 2.75) is 58.4 Å². The minimum atomic E-state index is -0.836. The highest BCUT2D eigenvalue weighted by Gasteiger charge is 2.24. The van der Waals surface area contributed by atoms with Crippen LogP contribution < -0.4 is 10.2 Å². The third-order valence-corrected chi connectivity index (χ3v) is 6.47. The van der Waals surface area contributed by atoms with Crippen LogP contribution in [0.3, 0.4) is 0 Å². The molecule has 9 heteroatoms. The van der Waals surface area contributed by atoms with Crippen molar-refractivity contribution in [1.82, 2.24) is 14.6 Å². The van der Waals surface area contributed by atoms with E-state index in [9.17, 15) is 14.3 Å². The highest BCUT2D eigenvalue weighted by Crippen LogP contribution is 2.36. The molecule has 4 rings (SSSR count). The Morgan fingerprint density at radius 3 is 2.76 bits per heavy atom. The van der Waals surface area contributed by atoms with E-state index in [0.29, 0.717) is 37.0 Å². The Balaban J connectivity index is 1.77. The lowest BCUT2D eigenvalue weighted by molar-refractivity contribution is -0.137. The molecular formula is C25H32FN5O3. The van der Waals surface area contributed by atoms with E-state index in [1.165, 1.54) is 10.7 Å². The number of ether oxygens (including phenoxy) is 1. The Labute approximate surface area is 198 Å². The van der Waals surface area contributed by atoms with Crippen molar-refractivity contribution in [3.8, 4) is 0 Å². The van der Waals surface area contributed by atoms with Crippen LogP contribution in [0.5, 0.6) is 0 Å². The van der Waals surface area contributed by atoms with Gasteiger partial charge in [-0.2, -0.15) is 5.10 Å². The first-order valence-electron chi connectivity index (χ1n) is 11.9. The summed E-state index contributed by atoms with van der Waals surface area (Å²) in [5, 5.41) is 16.8. The SMILES string of the molecule is CCC(CC(=O)O)c1ccc(N(CC)C2CCOCC2)c(Nc2nc3cc(C)nn3cc2F)c1. The van der Waals surface area contributed by atoms with Gasteiger partial charge in [0.05, 0.1) is 29.7 Å². The second-order valence-electron chi connectivity index (χ2n) is 8.76. The highest BCUT2D eigenvalue weighted by molar-refractivity contribution is 5.77. The summed E-state index contributed by atoms with van der Waals surface area (Å²) < 4.78 is 22.0. The largest absolute Gasteiger partial charge is 0.481 e. The monoisotopic (exact) mass is 469 g/mol. The standard InChI is InChI=1S/C25H32FN5O3/c1-4-17(14-24(32)33)18-6-7-22(30(5-2)19-8-10-34-11-9-19)21(13-18)27-25-20(26)15-31-23(28-25)12-16(3)29-31/h6-7,12-13,15,17,19H,4-5,8-11,14H2,1-3H3,(H,27,28)(H,32,33). The highest BCUT2D eigenvalue weighted by atomic mass is 19.1. The van der Waals surface area contributed by atoms with Crippen LogP contribution in [0, 0.1) is 12.7 Å². The van der Waals surface area contributed by atoms with E-state index in [0.717, 1.165) is 36.3 Å². The molecule has 0 saturated carbocycles. The van der Waals surface area contributed by atoms with Crippen LogP contribution in [0.15, 0.2) is 30.5 Å². The van der Waals surface area contributed by atoms with Gasteiger partial charge in [-0.05, 0) is 56.7 Å². The third-order valence-electron chi connectivity index (χ3n) is 6.47. The number of carbonyl (C=O) groups is 1. The van der Waals surface area contributed by atoms with Gasteiger partial charge in [-0.15, -0.1) is 0 Å². The van der Waals surface area contributed by atoms with E-state index in [1.807, 2.05) is 32.0 Å². The Bertz CT molecular complexity index is 1160. The van der Waals surface area contributed by atoms with E-state index in [4.69, 9.17) is 4.74 Å². The number of benzene rings is 1. The zero-order valence-corrected chi connectivity index (χ0v) is 19.9. The molecule has 3 heterocycles. The average molecular weight is 470 g/mol. The van der Waals surface area contributed by atoms with E-state index in [-0.39, 0.29) is 18.2 Å². The molecule has 8 nitrogen and oxygen atoms in total. The van der Waals surface area contributed by atoms with Crippen molar-refractivity contribution >= 4 is 28.8 Å². The molecule has 0 amide bonds. The van der Waals surface area contributed by atoms with Crippen molar-refractivity contribution in [3.63, 3.8) is 0 Å². The molecule has 182 valence electrons. The maximum atomic E-state index is 15.0. The Morgan fingerprint density at radius 1 is 1.32 bits per heavy atom. The fourth-order valence-corrected chi connectivity index (χ4v) is 4.72. The molecule has 34 heavy (non-hydrogen) atoms. The van der Waals surface area contributed by atoms with Gasteiger partial charge in [-0.1, -0.05) is 13.0 Å². The van der Waals surface area contributed by atoms with Gasteiger partial charge >= 0.3 is 5.97 Å². The number of aliphatic carboxylic acids is 1. The molecule has 0 spiro atoms. The number of hydrogen-bond donors (Lipinski definition) is 2. The second-order valence-corrected chi connectivity index (χ2v) is 8.76. The quantitative estimate of drug-likeness (QED) is 0.461. The number of fused-ring (bicyclic) bond motifs is 1. The second kappa shape index (κ2) is 10.4. The number of carboxylic acid groups (broad SMARTS) is 1. The van der Waals surface area contributed by atoms with Gasteiger partial charge in [0, 0.05) is 31.9 Å². The van der Waals surface area contributed by atoms with Crippen molar-refractivity contribution in [1.29, 1.82) is 0 Å². The van der Waals surface area contributed by atoms with Gasteiger partial charge in [-0.25, -0.2) is 13.9 Å². The zero-order chi connectivity index (χ0) is 24.2. The zero-order valence-electron chi connectivity index (χ0n) is 19.9. The van der Waals surface area contributed by atoms with Gasteiger partial charge in [0.1, 0.15) is 0 Å². The van der Waals surface area contributed by atoms with Gasteiger partial charge in [0.2, 0.25) is 0 Å². The fraction of sp³-hybridized carbons (Fsp3) is 0.480. The first kappa shape index (κ1) is 23.9. The Morgan fingerprint density at radius 2 is 2.09 bits per heavy atom. The number of aromatic nitrogens is 3. The van der Waals surface area contributed by atoms with Crippen LogP contribution in [0.4, 0.5) is 21.6 Å². The van der Waals surface area contributed by atoms with Crippen LogP contribution in [-0.2, 0) is 9.53 Å². The number of nitrogens with zero attached hydrogens (tertiary/aromatic N) is 4. The first-order chi connectivity index (χ1) is 16.4. The summed E-state index contributed by atoms with van der Waals surface area (Å²) in [4.78, 5) is 18.2. The summed E-state index contributed by atoms with van der Waals surface area (Å²) in [5.74, 6) is -1.38. The minimum absolute atomic E-state index is 0.0421.